The molecule has 7 nitrogen and oxygen atoms in total. The van der Waals surface area contributed by atoms with E-state index in [0.717, 1.165) is 16.9 Å². The predicted molar refractivity (Wildman–Crippen MR) is 121 cm³/mol. The van der Waals surface area contributed by atoms with Gasteiger partial charge in [0.1, 0.15) is 30.5 Å². The van der Waals surface area contributed by atoms with Gasteiger partial charge < -0.3 is 14.2 Å². The molecule has 2 amide bonds. The highest BCUT2D eigenvalue weighted by atomic mass is 16.5. The van der Waals surface area contributed by atoms with Gasteiger partial charge in [-0.05, 0) is 55.3 Å². The quantitative estimate of drug-likeness (QED) is 0.397. The zero-order valence-electron chi connectivity index (χ0n) is 18.1. The third-order valence-corrected chi connectivity index (χ3v) is 4.71. The van der Waals surface area contributed by atoms with Crippen molar-refractivity contribution in [2.75, 3.05) is 19.8 Å². The Balaban J connectivity index is 1.46. The van der Waals surface area contributed by atoms with Crippen molar-refractivity contribution in [2.45, 2.75) is 13.8 Å². The molecule has 0 fully saturated rings. The van der Waals surface area contributed by atoms with Crippen LogP contribution in [0.1, 0.15) is 21.5 Å². The molecule has 3 rings (SSSR count). The number of carbonyl (C=O) groups excluding carboxylic acids is 2. The molecule has 0 unspecified atom stereocenters. The SMILES string of the molecule is Cc1cccc(OCC(=O)NNC(=O)c2ccccc2OCCOc2ccccc2)c1C. The summed E-state index contributed by atoms with van der Waals surface area (Å²) in [6, 6.07) is 21.8. The zero-order chi connectivity index (χ0) is 22.8. The van der Waals surface area contributed by atoms with E-state index in [1.807, 2.05) is 56.3 Å². The molecule has 7 heteroatoms. The van der Waals surface area contributed by atoms with E-state index in [9.17, 15) is 9.59 Å². The van der Waals surface area contributed by atoms with Crippen molar-refractivity contribution in [1.82, 2.24) is 10.9 Å². The van der Waals surface area contributed by atoms with Gasteiger partial charge in [-0.2, -0.15) is 0 Å². The first-order valence-corrected chi connectivity index (χ1v) is 10.2. The summed E-state index contributed by atoms with van der Waals surface area (Å²) >= 11 is 0. The molecule has 0 aliphatic rings. The Bertz CT molecular complexity index is 1050. The molecule has 2 N–H and O–H groups in total. The van der Waals surface area contributed by atoms with E-state index in [4.69, 9.17) is 14.2 Å². The van der Waals surface area contributed by atoms with Crippen molar-refractivity contribution >= 4 is 11.8 Å². The molecule has 0 aromatic heterocycles. The minimum atomic E-state index is -0.496. The van der Waals surface area contributed by atoms with E-state index in [0.29, 0.717) is 23.7 Å². The molecule has 166 valence electrons. The Morgan fingerprint density at radius 1 is 0.719 bits per heavy atom. The van der Waals surface area contributed by atoms with Gasteiger partial charge in [0, 0.05) is 0 Å². The molecule has 0 heterocycles. The molecule has 3 aromatic rings. The largest absolute Gasteiger partial charge is 0.490 e. The highest BCUT2D eigenvalue weighted by Crippen LogP contribution is 2.20. The van der Waals surface area contributed by atoms with Gasteiger partial charge in [-0.3, -0.25) is 20.4 Å². The molecular weight excluding hydrogens is 408 g/mol. The number of ether oxygens (including phenoxy) is 3. The van der Waals surface area contributed by atoms with Crippen LogP contribution in [0, 0.1) is 13.8 Å². The van der Waals surface area contributed by atoms with Gasteiger partial charge in [0.05, 0.1) is 5.56 Å². The number of hydrogen-bond acceptors (Lipinski definition) is 5. The molecule has 0 saturated carbocycles. The van der Waals surface area contributed by atoms with Crippen molar-refractivity contribution in [3.8, 4) is 17.2 Å². The van der Waals surface area contributed by atoms with Crippen LogP contribution in [0.15, 0.2) is 72.8 Å². The van der Waals surface area contributed by atoms with Gasteiger partial charge in [-0.1, -0.05) is 42.5 Å². The van der Waals surface area contributed by atoms with Crippen LogP contribution in [0.4, 0.5) is 0 Å². The molecule has 0 spiro atoms. The Morgan fingerprint density at radius 3 is 2.22 bits per heavy atom. The van der Waals surface area contributed by atoms with Crippen LogP contribution < -0.4 is 25.1 Å². The average Bonchev–Trinajstić information content (AvgIpc) is 2.82. The lowest BCUT2D eigenvalue weighted by Gasteiger charge is -2.13. The second-order valence-corrected chi connectivity index (χ2v) is 7.00. The lowest BCUT2D eigenvalue weighted by Crippen LogP contribution is -2.44. The normalized spacial score (nSPS) is 10.2. The maximum Gasteiger partial charge on any atom is 0.276 e. The third-order valence-electron chi connectivity index (χ3n) is 4.71. The zero-order valence-corrected chi connectivity index (χ0v) is 18.1. The lowest BCUT2D eigenvalue weighted by molar-refractivity contribution is -0.123. The van der Waals surface area contributed by atoms with Crippen molar-refractivity contribution < 1.29 is 23.8 Å². The van der Waals surface area contributed by atoms with Crippen LogP contribution >= 0.6 is 0 Å². The smallest absolute Gasteiger partial charge is 0.276 e. The van der Waals surface area contributed by atoms with Crippen LogP contribution in [0.2, 0.25) is 0 Å². The van der Waals surface area contributed by atoms with E-state index in [2.05, 4.69) is 10.9 Å². The van der Waals surface area contributed by atoms with E-state index < -0.39 is 11.8 Å². The Hall–Kier alpha value is -4.00. The summed E-state index contributed by atoms with van der Waals surface area (Å²) in [5, 5.41) is 0. The minimum absolute atomic E-state index is 0.223. The first-order valence-electron chi connectivity index (χ1n) is 10.2. The second kappa shape index (κ2) is 11.4. The van der Waals surface area contributed by atoms with Gasteiger partial charge in [0.25, 0.3) is 11.8 Å². The monoisotopic (exact) mass is 434 g/mol. The van der Waals surface area contributed by atoms with Gasteiger partial charge in [-0.15, -0.1) is 0 Å². The number of rotatable bonds is 9. The van der Waals surface area contributed by atoms with Crippen molar-refractivity contribution in [2.24, 2.45) is 0 Å². The maximum absolute atomic E-state index is 12.5. The number of benzene rings is 3. The number of aryl methyl sites for hydroxylation is 1. The van der Waals surface area contributed by atoms with Crippen LogP contribution in [-0.2, 0) is 4.79 Å². The Morgan fingerprint density at radius 2 is 1.41 bits per heavy atom. The van der Waals surface area contributed by atoms with Crippen molar-refractivity contribution in [1.29, 1.82) is 0 Å². The number of nitrogens with one attached hydrogen (secondary N) is 2. The molecule has 0 bridgehead atoms. The highest BCUT2D eigenvalue weighted by Gasteiger charge is 2.13. The fourth-order valence-electron chi connectivity index (χ4n) is 2.86. The summed E-state index contributed by atoms with van der Waals surface area (Å²) in [7, 11) is 0. The fraction of sp³-hybridized carbons (Fsp3) is 0.200. The minimum Gasteiger partial charge on any atom is -0.490 e. The van der Waals surface area contributed by atoms with Gasteiger partial charge >= 0.3 is 0 Å². The summed E-state index contributed by atoms with van der Waals surface area (Å²) in [6.45, 7) is 4.25. The summed E-state index contributed by atoms with van der Waals surface area (Å²) in [5.74, 6) is 0.789. The topological polar surface area (TPSA) is 85.9 Å². The molecular formula is C25H26N2O5. The first kappa shape index (κ1) is 22.7. The van der Waals surface area contributed by atoms with Crippen LogP contribution in [0.3, 0.4) is 0 Å². The van der Waals surface area contributed by atoms with Crippen LogP contribution in [0.25, 0.3) is 0 Å². The molecule has 0 radical (unpaired) electrons. The number of para-hydroxylation sites is 2. The number of amides is 2. The molecule has 3 aromatic carbocycles. The van der Waals surface area contributed by atoms with Gasteiger partial charge in [0.2, 0.25) is 0 Å². The fourth-order valence-corrected chi connectivity index (χ4v) is 2.86. The summed E-state index contributed by atoms with van der Waals surface area (Å²) in [5.41, 5.74) is 7.08. The van der Waals surface area contributed by atoms with Crippen LogP contribution in [0.5, 0.6) is 17.2 Å². The Labute approximate surface area is 187 Å². The van der Waals surface area contributed by atoms with E-state index in [1.165, 1.54) is 0 Å². The van der Waals surface area contributed by atoms with Crippen LogP contribution in [-0.4, -0.2) is 31.6 Å². The van der Waals surface area contributed by atoms with E-state index in [-0.39, 0.29) is 13.2 Å². The van der Waals surface area contributed by atoms with Gasteiger partial charge in [-0.25, -0.2) is 0 Å². The van der Waals surface area contributed by atoms with E-state index in [1.54, 1.807) is 30.3 Å². The molecule has 0 aliphatic heterocycles. The van der Waals surface area contributed by atoms with Crippen molar-refractivity contribution in [3.63, 3.8) is 0 Å². The summed E-state index contributed by atoms with van der Waals surface area (Å²) < 4.78 is 16.8. The molecule has 0 saturated heterocycles. The first-order chi connectivity index (χ1) is 15.5. The Kier molecular flexibility index (Phi) is 8.09. The molecule has 32 heavy (non-hydrogen) atoms. The van der Waals surface area contributed by atoms with E-state index >= 15 is 0 Å². The van der Waals surface area contributed by atoms with Gasteiger partial charge in [0.15, 0.2) is 6.61 Å². The highest BCUT2D eigenvalue weighted by molar-refractivity contribution is 5.97. The third kappa shape index (κ3) is 6.50. The second-order valence-electron chi connectivity index (χ2n) is 7.00. The predicted octanol–water partition coefficient (Wildman–Crippen LogP) is 3.60. The molecule has 0 aliphatic carbocycles. The summed E-state index contributed by atoms with van der Waals surface area (Å²) in [6.07, 6.45) is 0. The average molecular weight is 434 g/mol. The number of hydrazine groups is 1. The standard InChI is InChI=1S/C25H26N2O5/c1-18-9-8-14-22(19(18)2)32-17-24(28)26-27-25(29)21-12-6-7-13-23(21)31-16-15-30-20-10-4-3-5-11-20/h3-14H,15-17H2,1-2H3,(H,26,28)(H,27,29). The maximum atomic E-state index is 12.5. The number of hydrogen-bond donors (Lipinski definition) is 2. The number of carbonyl (C=O) groups is 2. The molecule has 0 atom stereocenters. The summed E-state index contributed by atoms with van der Waals surface area (Å²) in [4.78, 5) is 24.6. The lowest BCUT2D eigenvalue weighted by atomic mass is 10.1. The van der Waals surface area contributed by atoms with Crippen molar-refractivity contribution in [3.05, 3.63) is 89.5 Å².